The maximum absolute atomic E-state index is 4.80. The lowest BCUT2D eigenvalue weighted by molar-refractivity contribution is 0.486. The Bertz CT molecular complexity index is 831. The maximum atomic E-state index is 4.80. The van der Waals surface area contributed by atoms with E-state index in [0.717, 1.165) is 61.4 Å². The minimum absolute atomic E-state index is 0.394. The van der Waals surface area contributed by atoms with E-state index in [-0.39, 0.29) is 0 Å². The highest BCUT2D eigenvalue weighted by molar-refractivity contribution is 5.18. The molecule has 3 aromatic rings. The van der Waals surface area contributed by atoms with Gasteiger partial charge in [0.1, 0.15) is 0 Å². The zero-order valence-electron chi connectivity index (χ0n) is 16.9. The summed E-state index contributed by atoms with van der Waals surface area (Å²) in [4.78, 5) is 13.8. The summed E-state index contributed by atoms with van der Waals surface area (Å²) in [5.41, 5.74) is 5.64. The van der Waals surface area contributed by atoms with Crippen LogP contribution in [-0.2, 0) is 25.8 Å². The fourth-order valence-electron chi connectivity index (χ4n) is 3.29. The van der Waals surface area contributed by atoms with Gasteiger partial charge in [-0.3, -0.25) is 15.0 Å². The molecule has 0 aromatic carbocycles. The molecule has 3 aromatic heterocycles. The standard InChI is InChI=1S/C24H30N4/c1-3-8-19-12-13-22(26-17-19)15-20(4-2)27-18-24-11-7-10-23(28-24)16-21-9-5-6-14-25-21/h5-7,9-14,17,20,27H,3-4,8,15-16,18H2,1-2H3. The van der Waals surface area contributed by atoms with Gasteiger partial charge in [-0.15, -0.1) is 0 Å². The van der Waals surface area contributed by atoms with Crippen LogP contribution < -0.4 is 5.32 Å². The lowest BCUT2D eigenvalue weighted by Crippen LogP contribution is -2.30. The molecule has 4 nitrogen and oxygen atoms in total. The van der Waals surface area contributed by atoms with Crippen LogP contribution in [0.2, 0.25) is 0 Å². The van der Waals surface area contributed by atoms with Gasteiger partial charge in [-0.2, -0.15) is 0 Å². The average Bonchev–Trinajstić information content (AvgIpc) is 2.73. The summed E-state index contributed by atoms with van der Waals surface area (Å²) in [5.74, 6) is 0. The first-order valence-corrected chi connectivity index (χ1v) is 10.3. The molecule has 0 bridgehead atoms. The largest absolute Gasteiger partial charge is 0.308 e. The van der Waals surface area contributed by atoms with E-state index in [9.17, 15) is 0 Å². The first-order chi connectivity index (χ1) is 13.8. The maximum Gasteiger partial charge on any atom is 0.0545 e. The molecule has 1 N–H and O–H groups in total. The van der Waals surface area contributed by atoms with Crippen molar-refractivity contribution >= 4 is 0 Å². The topological polar surface area (TPSA) is 50.7 Å². The Balaban J connectivity index is 1.55. The van der Waals surface area contributed by atoms with E-state index in [2.05, 4.69) is 59.5 Å². The van der Waals surface area contributed by atoms with Crippen molar-refractivity contribution in [1.29, 1.82) is 0 Å². The van der Waals surface area contributed by atoms with Crippen LogP contribution in [0.4, 0.5) is 0 Å². The van der Waals surface area contributed by atoms with Crippen molar-refractivity contribution in [3.63, 3.8) is 0 Å². The number of hydrogen-bond donors (Lipinski definition) is 1. The molecule has 3 rings (SSSR count). The second kappa shape index (κ2) is 10.7. The van der Waals surface area contributed by atoms with Gasteiger partial charge in [-0.1, -0.05) is 38.5 Å². The van der Waals surface area contributed by atoms with E-state index in [1.807, 2.05) is 30.6 Å². The summed E-state index contributed by atoms with van der Waals surface area (Å²) in [5, 5.41) is 3.65. The summed E-state index contributed by atoms with van der Waals surface area (Å²) in [6, 6.07) is 17.0. The van der Waals surface area contributed by atoms with E-state index in [0.29, 0.717) is 6.04 Å². The van der Waals surface area contributed by atoms with Gasteiger partial charge in [0.2, 0.25) is 0 Å². The highest BCUT2D eigenvalue weighted by Crippen LogP contribution is 2.09. The molecule has 0 amide bonds. The molecule has 1 unspecified atom stereocenters. The molecule has 0 aliphatic heterocycles. The Morgan fingerprint density at radius 1 is 0.857 bits per heavy atom. The van der Waals surface area contributed by atoms with Crippen molar-refractivity contribution in [2.75, 3.05) is 0 Å². The van der Waals surface area contributed by atoms with Crippen LogP contribution in [0.1, 0.15) is 55.0 Å². The smallest absolute Gasteiger partial charge is 0.0545 e. The van der Waals surface area contributed by atoms with Crippen LogP contribution in [0.25, 0.3) is 0 Å². The number of aromatic nitrogens is 3. The molecule has 4 heteroatoms. The van der Waals surface area contributed by atoms with Crippen molar-refractivity contribution in [2.45, 2.75) is 58.5 Å². The molecule has 146 valence electrons. The third-order valence-electron chi connectivity index (χ3n) is 4.90. The van der Waals surface area contributed by atoms with Gasteiger partial charge in [0, 0.05) is 54.9 Å². The summed E-state index contributed by atoms with van der Waals surface area (Å²) in [6.07, 6.45) is 8.88. The summed E-state index contributed by atoms with van der Waals surface area (Å²) < 4.78 is 0. The molecule has 0 radical (unpaired) electrons. The van der Waals surface area contributed by atoms with Gasteiger partial charge in [0.15, 0.2) is 0 Å². The van der Waals surface area contributed by atoms with Gasteiger partial charge in [0.05, 0.1) is 5.69 Å². The van der Waals surface area contributed by atoms with Gasteiger partial charge in [-0.05, 0) is 48.7 Å². The number of aryl methyl sites for hydroxylation is 1. The first kappa shape index (κ1) is 20.2. The second-order valence-electron chi connectivity index (χ2n) is 7.22. The van der Waals surface area contributed by atoms with E-state index in [1.165, 1.54) is 5.56 Å². The van der Waals surface area contributed by atoms with E-state index >= 15 is 0 Å². The lowest BCUT2D eigenvalue weighted by atomic mass is 10.1. The summed E-state index contributed by atoms with van der Waals surface area (Å²) in [6.45, 7) is 5.18. The Hall–Kier alpha value is -2.59. The minimum Gasteiger partial charge on any atom is -0.308 e. The molecule has 1 atom stereocenters. The van der Waals surface area contributed by atoms with Crippen LogP contribution in [0.5, 0.6) is 0 Å². The third-order valence-corrected chi connectivity index (χ3v) is 4.90. The van der Waals surface area contributed by atoms with E-state index in [1.54, 1.807) is 0 Å². The fraction of sp³-hybridized carbons (Fsp3) is 0.375. The zero-order valence-corrected chi connectivity index (χ0v) is 16.9. The molecule has 0 fully saturated rings. The molecule has 3 heterocycles. The van der Waals surface area contributed by atoms with Crippen molar-refractivity contribution in [2.24, 2.45) is 0 Å². The van der Waals surface area contributed by atoms with Crippen molar-refractivity contribution in [3.8, 4) is 0 Å². The summed E-state index contributed by atoms with van der Waals surface area (Å²) in [7, 11) is 0. The number of hydrogen-bond acceptors (Lipinski definition) is 4. The first-order valence-electron chi connectivity index (χ1n) is 10.3. The van der Waals surface area contributed by atoms with Crippen molar-refractivity contribution < 1.29 is 0 Å². The van der Waals surface area contributed by atoms with Crippen LogP contribution in [0, 0.1) is 0 Å². The third kappa shape index (κ3) is 6.24. The van der Waals surface area contributed by atoms with Crippen LogP contribution in [-0.4, -0.2) is 21.0 Å². The molecular weight excluding hydrogens is 344 g/mol. The Morgan fingerprint density at radius 3 is 2.43 bits per heavy atom. The Morgan fingerprint density at radius 2 is 1.71 bits per heavy atom. The molecule has 0 saturated carbocycles. The number of nitrogens with one attached hydrogen (secondary N) is 1. The monoisotopic (exact) mass is 374 g/mol. The van der Waals surface area contributed by atoms with Gasteiger partial charge in [0.25, 0.3) is 0 Å². The SMILES string of the molecule is CCCc1ccc(CC(CC)NCc2cccc(Cc3ccccn3)n2)nc1. The Kier molecular flexibility index (Phi) is 7.68. The number of rotatable bonds is 10. The van der Waals surface area contributed by atoms with Gasteiger partial charge in [-0.25, -0.2) is 0 Å². The number of nitrogens with zero attached hydrogens (tertiary/aromatic N) is 3. The molecular formula is C24H30N4. The molecule has 28 heavy (non-hydrogen) atoms. The highest BCUT2D eigenvalue weighted by Gasteiger charge is 2.09. The molecule has 0 aliphatic carbocycles. The zero-order chi connectivity index (χ0) is 19.6. The molecule has 0 saturated heterocycles. The molecule has 0 aliphatic rings. The van der Waals surface area contributed by atoms with Crippen LogP contribution in [0.3, 0.4) is 0 Å². The van der Waals surface area contributed by atoms with Crippen molar-refractivity contribution in [3.05, 3.63) is 89.3 Å². The molecule has 0 spiro atoms. The van der Waals surface area contributed by atoms with Gasteiger partial charge < -0.3 is 5.32 Å². The number of pyridine rings is 3. The predicted molar refractivity (Wildman–Crippen MR) is 114 cm³/mol. The lowest BCUT2D eigenvalue weighted by Gasteiger charge is -2.17. The minimum atomic E-state index is 0.394. The van der Waals surface area contributed by atoms with E-state index < -0.39 is 0 Å². The predicted octanol–water partition coefficient (Wildman–Crippen LogP) is 4.53. The second-order valence-corrected chi connectivity index (χ2v) is 7.22. The van der Waals surface area contributed by atoms with Gasteiger partial charge >= 0.3 is 0 Å². The normalized spacial score (nSPS) is 12.1. The Labute approximate surface area is 168 Å². The van der Waals surface area contributed by atoms with Crippen molar-refractivity contribution in [1.82, 2.24) is 20.3 Å². The van der Waals surface area contributed by atoms with Crippen LogP contribution in [0.15, 0.2) is 60.9 Å². The van der Waals surface area contributed by atoms with Crippen LogP contribution >= 0.6 is 0 Å². The quantitative estimate of drug-likeness (QED) is 0.567. The fourth-order valence-corrected chi connectivity index (χ4v) is 3.29. The highest BCUT2D eigenvalue weighted by atomic mass is 14.9. The average molecular weight is 375 g/mol. The summed E-state index contributed by atoms with van der Waals surface area (Å²) >= 11 is 0. The van der Waals surface area contributed by atoms with E-state index in [4.69, 9.17) is 4.98 Å².